The molecule has 4 nitrogen and oxygen atoms in total. The molecule has 2 N–H and O–H groups in total. The maximum atomic E-state index is 13.0. The zero-order chi connectivity index (χ0) is 10.9. The van der Waals surface area contributed by atoms with Crippen LogP contribution < -0.4 is 5.73 Å². The number of hydrogen-bond acceptors (Lipinski definition) is 3. The van der Waals surface area contributed by atoms with Crippen LogP contribution in [0.2, 0.25) is 0 Å². The van der Waals surface area contributed by atoms with Crippen molar-refractivity contribution in [2.75, 3.05) is 6.54 Å². The second-order valence-electron chi connectivity index (χ2n) is 3.29. The molecule has 0 atom stereocenters. The fourth-order valence-electron chi connectivity index (χ4n) is 1.30. The van der Waals surface area contributed by atoms with Gasteiger partial charge in [-0.2, -0.15) is 5.10 Å². The van der Waals surface area contributed by atoms with E-state index in [4.69, 9.17) is 5.73 Å². The van der Waals surface area contributed by atoms with Crippen molar-refractivity contribution in [1.29, 1.82) is 0 Å². The normalized spacial score (nSPS) is 12.2. The summed E-state index contributed by atoms with van der Waals surface area (Å²) in [4.78, 5) is 3.98. The summed E-state index contributed by atoms with van der Waals surface area (Å²) in [5.74, 6) is -2.90. The molecule has 0 aliphatic rings. The SMILES string of the molecule is NCC(F)(F)Cc1cc2ncccn2n1. The van der Waals surface area contributed by atoms with Gasteiger partial charge in [0.25, 0.3) is 5.92 Å². The quantitative estimate of drug-likeness (QED) is 0.821. The highest BCUT2D eigenvalue weighted by atomic mass is 19.3. The number of nitrogens with two attached hydrogens (primary N) is 1. The largest absolute Gasteiger partial charge is 0.325 e. The third-order valence-electron chi connectivity index (χ3n) is 2.03. The van der Waals surface area contributed by atoms with E-state index in [2.05, 4.69) is 10.1 Å². The summed E-state index contributed by atoms with van der Waals surface area (Å²) >= 11 is 0. The molecule has 80 valence electrons. The second kappa shape index (κ2) is 3.54. The zero-order valence-electron chi connectivity index (χ0n) is 7.90. The average Bonchev–Trinajstić information content (AvgIpc) is 2.58. The van der Waals surface area contributed by atoms with Crippen LogP contribution in [0.1, 0.15) is 5.69 Å². The van der Waals surface area contributed by atoms with E-state index in [1.165, 1.54) is 10.6 Å². The Morgan fingerprint density at radius 1 is 1.47 bits per heavy atom. The maximum Gasteiger partial charge on any atom is 0.265 e. The molecule has 0 bridgehead atoms. The average molecular weight is 212 g/mol. The summed E-state index contributed by atoms with van der Waals surface area (Å²) in [6.45, 7) is -0.672. The predicted molar refractivity (Wildman–Crippen MR) is 50.7 cm³/mol. The standard InChI is InChI=1S/C9H10F2N4/c10-9(11,6-12)5-7-4-8-13-2-1-3-15(8)14-7/h1-4H,5-6,12H2. The van der Waals surface area contributed by atoms with Crippen molar-refractivity contribution in [2.45, 2.75) is 12.3 Å². The van der Waals surface area contributed by atoms with Gasteiger partial charge in [-0.15, -0.1) is 0 Å². The molecule has 0 spiro atoms. The van der Waals surface area contributed by atoms with Crippen LogP contribution in [0.25, 0.3) is 5.65 Å². The molecule has 0 amide bonds. The van der Waals surface area contributed by atoms with Crippen molar-refractivity contribution in [3.8, 4) is 0 Å². The van der Waals surface area contributed by atoms with Crippen molar-refractivity contribution < 1.29 is 8.78 Å². The van der Waals surface area contributed by atoms with Crippen LogP contribution in [-0.2, 0) is 6.42 Å². The van der Waals surface area contributed by atoms with E-state index >= 15 is 0 Å². The summed E-state index contributed by atoms with van der Waals surface area (Å²) < 4.78 is 27.4. The first-order valence-electron chi connectivity index (χ1n) is 4.48. The number of hydrogen-bond donors (Lipinski definition) is 1. The molecule has 0 unspecified atom stereocenters. The summed E-state index contributed by atoms with van der Waals surface area (Å²) in [5.41, 5.74) is 5.80. The van der Waals surface area contributed by atoms with E-state index in [1.807, 2.05) is 0 Å². The van der Waals surface area contributed by atoms with E-state index in [0.29, 0.717) is 11.3 Å². The Morgan fingerprint density at radius 2 is 2.27 bits per heavy atom. The summed E-state index contributed by atoms with van der Waals surface area (Å²) in [7, 11) is 0. The highest BCUT2D eigenvalue weighted by molar-refractivity contribution is 5.38. The van der Waals surface area contributed by atoms with Crippen LogP contribution in [0.4, 0.5) is 8.78 Å². The molecular formula is C9H10F2N4. The molecule has 0 aliphatic carbocycles. The Hall–Kier alpha value is -1.56. The van der Waals surface area contributed by atoms with Crippen LogP contribution in [0, 0.1) is 0 Å². The van der Waals surface area contributed by atoms with Crippen LogP contribution in [0.3, 0.4) is 0 Å². The van der Waals surface area contributed by atoms with Gasteiger partial charge >= 0.3 is 0 Å². The van der Waals surface area contributed by atoms with Gasteiger partial charge in [0, 0.05) is 18.5 Å². The molecule has 0 saturated heterocycles. The Morgan fingerprint density at radius 3 is 2.93 bits per heavy atom. The van der Waals surface area contributed by atoms with Gasteiger partial charge < -0.3 is 5.73 Å². The highest BCUT2D eigenvalue weighted by Crippen LogP contribution is 2.18. The van der Waals surface area contributed by atoms with Crippen LogP contribution in [0.5, 0.6) is 0 Å². The van der Waals surface area contributed by atoms with E-state index in [-0.39, 0.29) is 0 Å². The maximum absolute atomic E-state index is 13.0. The molecule has 2 rings (SSSR count). The molecular weight excluding hydrogens is 202 g/mol. The first-order chi connectivity index (χ1) is 7.11. The number of rotatable bonds is 3. The van der Waals surface area contributed by atoms with Gasteiger partial charge in [-0.05, 0) is 6.07 Å². The zero-order valence-corrected chi connectivity index (χ0v) is 7.90. The minimum Gasteiger partial charge on any atom is -0.325 e. The van der Waals surface area contributed by atoms with Gasteiger partial charge in [-0.25, -0.2) is 18.3 Å². The van der Waals surface area contributed by atoms with Crippen molar-refractivity contribution >= 4 is 5.65 Å². The first kappa shape index (κ1) is 9.97. The fourth-order valence-corrected chi connectivity index (χ4v) is 1.30. The molecule has 6 heteroatoms. The van der Waals surface area contributed by atoms with Crippen LogP contribution in [0.15, 0.2) is 24.5 Å². The Kier molecular flexibility index (Phi) is 2.36. The molecule has 0 saturated carbocycles. The van der Waals surface area contributed by atoms with Crippen LogP contribution in [-0.4, -0.2) is 27.1 Å². The summed E-state index contributed by atoms with van der Waals surface area (Å²) in [6, 6.07) is 3.22. The lowest BCUT2D eigenvalue weighted by atomic mass is 10.2. The monoisotopic (exact) mass is 212 g/mol. The number of nitrogens with zero attached hydrogens (tertiary/aromatic N) is 3. The van der Waals surface area contributed by atoms with Gasteiger partial charge in [-0.3, -0.25) is 0 Å². The van der Waals surface area contributed by atoms with Crippen molar-refractivity contribution in [3.63, 3.8) is 0 Å². The van der Waals surface area contributed by atoms with E-state index in [1.54, 1.807) is 18.5 Å². The lowest BCUT2D eigenvalue weighted by Gasteiger charge is -2.10. The van der Waals surface area contributed by atoms with Crippen LogP contribution >= 0.6 is 0 Å². The van der Waals surface area contributed by atoms with E-state index < -0.39 is 18.9 Å². The molecule has 2 aromatic rings. The number of alkyl halides is 2. The number of aromatic nitrogens is 3. The van der Waals surface area contributed by atoms with Gasteiger partial charge in [0.15, 0.2) is 5.65 Å². The van der Waals surface area contributed by atoms with Gasteiger partial charge in [0.2, 0.25) is 0 Å². The van der Waals surface area contributed by atoms with Gasteiger partial charge in [-0.1, -0.05) is 0 Å². The van der Waals surface area contributed by atoms with Gasteiger partial charge in [0.1, 0.15) is 0 Å². The molecule has 15 heavy (non-hydrogen) atoms. The topological polar surface area (TPSA) is 56.2 Å². The highest BCUT2D eigenvalue weighted by Gasteiger charge is 2.28. The smallest absolute Gasteiger partial charge is 0.265 e. The molecule has 2 aromatic heterocycles. The van der Waals surface area contributed by atoms with Gasteiger partial charge in [0.05, 0.1) is 18.7 Å². The predicted octanol–water partition coefficient (Wildman–Crippen LogP) is 0.866. The first-order valence-corrected chi connectivity index (χ1v) is 4.48. The van der Waals surface area contributed by atoms with Crippen molar-refractivity contribution in [2.24, 2.45) is 5.73 Å². The third kappa shape index (κ3) is 2.10. The van der Waals surface area contributed by atoms with E-state index in [9.17, 15) is 8.78 Å². The summed E-state index contributed by atoms with van der Waals surface area (Å²) in [5, 5.41) is 3.96. The number of fused-ring (bicyclic) bond motifs is 1. The Bertz CT molecular complexity index is 433. The van der Waals surface area contributed by atoms with E-state index in [0.717, 1.165) is 0 Å². The molecule has 0 radical (unpaired) electrons. The fraction of sp³-hybridized carbons (Fsp3) is 0.333. The molecule has 0 fully saturated rings. The minimum absolute atomic E-state index is 0.296. The Balaban J connectivity index is 2.30. The second-order valence-corrected chi connectivity index (χ2v) is 3.29. The molecule has 2 heterocycles. The summed E-state index contributed by atoms with van der Waals surface area (Å²) in [6.07, 6.45) is 2.79. The molecule has 0 aliphatic heterocycles. The molecule has 0 aromatic carbocycles. The third-order valence-corrected chi connectivity index (χ3v) is 2.03. The number of halogens is 2. The lowest BCUT2D eigenvalue weighted by Crippen LogP contribution is -2.30. The van der Waals surface area contributed by atoms with Crippen molar-refractivity contribution in [3.05, 3.63) is 30.2 Å². The van der Waals surface area contributed by atoms with Crippen molar-refractivity contribution in [1.82, 2.24) is 14.6 Å². The minimum atomic E-state index is -2.90. The Labute approximate surface area is 84.7 Å². The lowest BCUT2D eigenvalue weighted by molar-refractivity contribution is 0.0105.